The Morgan fingerprint density at radius 3 is 2.08 bits per heavy atom. The van der Waals surface area contributed by atoms with E-state index in [0.29, 0.717) is 11.6 Å². The Morgan fingerprint density at radius 2 is 1.48 bits per heavy atom. The van der Waals surface area contributed by atoms with Crippen LogP contribution in [0.1, 0.15) is 41.8 Å². The van der Waals surface area contributed by atoms with Gasteiger partial charge in [0.15, 0.2) is 0 Å². The number of rotatable bonds is 9. The molecule has 1 unspecified atom stereocenters. The van der Waals surface area contributed by atoms with Crippen LogP contribution >= 0.6 is 0 Å². The lowest BCUT2D eigenvalue weighted by atomic mass is 10.0. The predicted octanol–water partition coefficient (Wildman–Crippen LogP) is 7.58. The van der Waals surface area contributed by atoms with Crippen molar-refractivity contribution >= 4 is 16.0 Å². The van der Waals surface area contributed by atoms with E-state index in [0.717, 1.165) is 41.3 Å². The summed E-state index contributed by atoms with van der Waals surface area (Å²) in [6.45, 7) is 4.21. The summed E-state index contributed by atoms with van der Waals surface area (Å²) < 4.78 is 69.3. The molecule has 0 heterocycles. The van der Waals surface area contributed by atoms with Gasteiger partial charge in [-0.2, -0.15) is 21.6 Å². The van der Waals surface area contributed by atoms with Crippen LogP contribution in [0.3, 0.4) is 0 Å². The molecule has 40 heavy (non-hydrogen) atoms. The van der Waals surface area contributed by atoms with Crippen LogP contribution in [0.15, 0.2) is 108 Å². The second-order valence-corrected chi connectivity index (χ2v) is 10.9. The Morgan fingerprint density at radius 1 is 0.850 bits per heavy atom. The molecule has 1 atom stereocenters. The Labute approximate surface area is 232 Å². The molecule has 0 fully saturated rings. The minimum absolute atomic E-state index is 0.0564. The number of carbonyl (C=O) groups excluding carboxylic acids is 1. The quantitative estimate of drug-likeness (QED) is 0.196. The van der Waals surface area contributed by atoms with Crippen LogP contribution in [0.2, 0.25) is 0 Å². The summed E-state index contributed by atoms with van der Waals surface area (Å²) in [4.78, 5) is 14.6. The van der Waals surface area contributed by atoms with Crippen LogP contribution in [0, 0.1) is 0 Å². The summed E-state index contributed by atoms with van der Waals surface area (Å²) in [6, 6.07) is 26.7. The predicted molar refractivity (Wildman–Crippen MR) is 147 cm³/mol. The Bertz CT molecular complexity index is 1550. The van der Waals surface area contributed by atoms with Crippen LogP contribution in [-0.4, -0.2) is 25.3 Å². The topological polar surface area (TPSA) is 63.7 Å². The number of carbonyl (C=O) groups is 1. The third kappa shape index (κ3) is 6.90. The van der Waals surface area contributed by atoms with Gasteiger partial charge in [-0.1, -0.05) is 67.6 Å². The molecule has 0 aromatic heterocycles. The van der Waals surface area contributed by atoms with Gasteiger partial charge in [-0.05, 0) is 72.5 Å². The number of nitrogens with zero attached hydrogens (tertiary/aromatic N) is 1. The third-order valence-electron chi connectivity index (χ3n) is 6.55. The molecule has 0 saturated carbocycles. The van der Waals surface area contributed by atoms with Gasteiger partial charge in [0.05, 0.1) is 5.56 Å². The van der Waals surface area contributed by atoms with Crippen molar-refractivity contribution in [2.24, 2.45) is 0 Å². The molecule has 0 radical (unpaired) electrons. The smallest absolute Gasteiger partial charge is 0.379 e. The molecule has 4 aromatic carbocycles. The molecule has 208 valence electrons. The maximum atomic E-state index is 13.4. The number of amides is 1. The van der Waals surface area contributed by atoms with Gasteiger partial charge in [0.1, 0.15) is 10.6 Å². The fourth-order valence-electron chi connectivity index (χ4n) is 4.10. The molecule has 0 spiro atoms. The van der Waals surface area contributed by atoms with Gasteiger partial charge in [0.2, 0.25) is 0 Å². The van der Waals surface area contributed by atoms with Crippen molar-refractivity contribution in [1.82, 2.24) is 4.90 Å². The van der Waals surface area contributed by atoms with E-state index in [1.807, 2.05) is 56.3 Å². The lowest BCUT2D eigenvalue weighted by Gasteiger charge is -2.29. The molecule has 4 aromatic rings. The fraction of sp³-hybridized carbons (Fsp3) is 0.194. The molecular weight excluding hydrogens is 539 g/mol. The first kappa shape index (κ1) is 28.9. The van der Waals surface area contributed by atoms with Crippen molar-refractivity contribution in [3.8, 4) is 16.9 Å². The van der Waals surface area contributed by atoms with E-state index in [-0.39, 0.29) is 24.2 Å². The molecule has 5 nitrogen and oxygen atoms in total. The first-order valence-electron chi connectivity index (χ1n) is 12.6. The van der Waals surface area contributed by atoms with Gasteiger partial charge >= 0.3 is 16.3 Å². The van der Waals surface area contributed by atoms with E-state index in [1.165, 1.54) is 12.1 Å². The first-order valence-corrected chi connectivity index (χ1v) is 14.1. The van der Waals surface area contributed by atoms with E-state index < -0.39 is 26.8 Å². The molecule has 9 heteroatoms. The fourth-order valence-corrected chi connectivity index (χ4v) is 5.08. The van der Waals surface area contributed by atoms with Gasteiger partial charge in [0.25, 0.3) is 5.91 Å². The SMILES string of the molecule is CCC(C)N(Cc1ccc(OS(=O)(=O)c2cccc(C(F)(F)F)c2)cc1)C(=O)c1ccc(-c2ccccc2)cc1. The second kappa shape index (κ2) is 12.0. The van der Waals surface area contributed by atoms with Crippen molar-refractivity contribution in [3.05, 3.63) is 120 Å². The van der Waals surface area contributed by atoms with Crippen LogP contribution in [0.25, 0.3) is 11.1 Å². The van der Waals surface area contributed by atoms with E-state index in [9.17, 15) is 26.4 Å². The maximum absolute atomic E-state index is 13.4. The molecule has 4 rings (SSSR count). The van der Waals surface area contributed by atoms with Gasteiger partial charge in [-0.15, -0.1) is 0 Å². The standard InChI is InChI=1S/C31H28F3NO4S/c1-3-22(2)35(30(36)26-16-14-25(15-17-26)24-8-5-4-6-9-24)21-23-12-18-28(19-13-23)39-40(37,38)29-11-7-10-27(20-29)31(32,33)34/h4-20,22H,3,21H2,1-2H3. The number of benzene rings is 4. The van der Waals surface area contributed by atoms with E-state index >= 15 is 0 Å². The van der Waals surface area contributed by atoms with Crippen LogP contribution < -0.4 is 4.18 Å². The van der Waals surface area contributed by atoms with Crippen molar-refractivity contribution in [2.45, 2.75) is 43.9 Å². The zero-order valence-electron chi connectivity index (χ0n) is 21.9. The Kier molecular flexibility index (Phi) is 8.64. The molecule has 0 N–H and O–H groups in total. The minimum atomic E-state index is -4.68. The Hall–Kier alpha value is -4.11. The monoisotopic (exact) mass is 567 g/mol. The normalized spacial score (nSPS) is 12.5. The highest BCUT2D eigenvalue weighted by Gasteiger charge is 2.32. The van der Waals surface area contributed by atoms with Crippen molar-refractivity contribution in [2.75, 3.05) is 0 Å². The average Bonchev–Trinajstić information content (AvgIpc) is 2.96. The molecule has 0 aliphatic rings. The molecule has 1 amide bonds. The van der Waals surface area contributed by atoms with Crippen molar-refractivity contribution in [3.63, 3.8) is 0 Å². The van der Waals surface area contributed by atoms with Crippen molar-refractivity contribution in [1.29, 1.82) is 0 Å². The highest BCUT2D eigenvalue weighted by atomic mass is 32.2. The number of halogens is 3. The molecule has 0 aliphatic carbocycles. The van der Waals surface area contributed by atoms with Crippen molar-refractivity contribution < 1.29 is 30.6 Å². The molecule has 0 aliphatic heterocycles. The highest BCUT2D eigenvalue weighted by molar-refractivity contribution is 7.87. The van der Waals surface area contributed by atoms with E-state index in [2.05, 4.69) is 0 Å². The van der Waals surface area contributed by atoms with E-state index in [1.54, 1.807) is 29.2 Å². The summed E-state index contributed by atoms with van der Waals surface area (Å²) in [5.41, 5.74) is 2.25. The number of hydrogen-bond acceptors (Lipinski definition) is 4. The summed E-state index contributed by atoms with van der Waals surface area (Å²) in [7, 11) is -4.49. The third-order valence-corrected chi connectivity index (χ3v) is 7.80. The van der Waals surface area contributed by atoms with Crippen LogP contribution in [0.5, 0.6) is 5.75 Å². The van der Waals surface area contributed by atoms with Gasteiger partial charge < -0.3 is 9.08 Å². The lowest BCUT2D eigenvalue weighted by Crippen LogP contribution is -2.37. The lowest BCUT2D eigenvalue weighted by molar-refractivity contribution is -0.137. The molecular formula is C31H28F3NO4S. The maximum Gasteiger partial charge on any atom is 0.416 e. The van der Waals surface area contributed by atoms with Crippen LogP contribution in [0.4, 0.5) is 13.2 Å². The summed E-state index contributed by atoms with van der Waals surface area (Å²) in [5, 5.41) is 0. The van der Waals surface area contributed by atoms with Gasteiger partial charge in [-0.3, -0.25) is 4.79 Å². The van der Waals surface area contributed by atoms with Gasteiger partial charge in [-0.25, -0.2) is 0 Å². The average molecular weight is 568 g/mol. The second-order valence-electron chi connectivity index (χ2n) is 9.34. The summed E-state index contributed by atoms with van der Waals surface area (Å²) in [5.74, 6) is -0.194. The zero-order valence-corrected chi connectivity index (χ0v) is 22.7. The number of alkyl halides is 3. The summed E-state index contributed by atoms with van der Waals surface area (Å²) in [6.07, 6.45) is -3.96. The van der Waals surface area contributed by atoms with E-state index in [4.69, 9.17) is 4.18 Å². The minimum Gasteiger partial charge on any atom is -0.379 e. The largest absolute Gasteiger partial charge is 0.416 e. The molecule has 0 saturated heterocycles. The summed E-state index contributed by atoms with van der Waals surface area (Å²) >= 11 is 0. The zero-order chi connectivity index (χ0) is 28.9. The number of hydrogen-bond donors (Lipinski definition) is 0. The molecule has 0 bridgehead atoms. The Balaban J connectivity index is 1.48. The van der Waals surface area contributed by atoms with Crippen LogP contribution in [-0.2, 0) is 22.8 Å². The first-order chi connectivity index (χ1) is 19.0. The highest BCUT2D eigenvalue weighted by Crippen LogP contribution is 2.31. The van der Waals surface area contributed by atoms with Gasteiger partial charge in [0, 0.05) is 18.2 Å².